The number of fused-ring (bicyclic) bond motifs is 1. The topological polar surface area (TPSA) is 28.7 Å². The second kappa shape index (κ2) is 5.72. The molecule has 2 heteroatoms. The van der Waals surface area contributed by atoms with E-state index < -0.39 is 0 Å². The van der Waals surface area contributed by atoms with Gasteiger partial charge in [0.1, 0.15) is 5.82 Å². The number of aromatic amines is 1. The summed E-state index contributed by atoms with van der Waals surface area (Å²) in [7, 11) is 0. The average Bonchev–Trinajstić information content (AvgIpc) is 2.78. The van der Waals surface area contributed by atoms with Crippen LogP contribution in [0.5, 0.6) is 0 Å². The molecule has 3 aromatic rings. The van der Waals surface area contributed by atoms with E-state index in [1.54, 1.807) is 0 Å². The van der Waals surface area contributed by atoms with Crippen LogP contribution in [0, 0.1) is 19.8 Å². The monoisotopic (exact) mass is 278 g/mol. The lowest BCUT2D eigenvalue weighted by Gasteiger charge is -2.11. The number of rotatable bonds is 4. The number of hydrogen-bond donors (Lipinski definition) is 1. The van der Waals surface area contributed by atoms with Crippen LogP contribution in [0.1, 0.15) is 29.4 Å². The van der Waals surface area contributed by atoms with Crippen molar-refractivity contribution in [3.63, 3.8) is 0 Å². The highest BCUT2D eigenvalue weighted by molar-refractivity contribution is 5.74. The average molecular weight is 278 g/mol. The maximum absolute atomic E-state index is 4.67. The molecule has 1 aromatic heterocycles. The minimum Gasteiger partial charge on any atom is -0.342 e. The molecule has 0 unspecified atom stereocenters. The normalized spacial score (nSPS) is 12.7. The smallest absolute Gasteiger partial charge is 0.107 e. The first-order valence-corrected chi connectivity index (χ1v) is 7.61. The molecule has 3 rings (SSSR count). The highest BCUT2D eigenvalue weighted by Gasteiger charge is 2.09. The number of aryl methyl sites for hydroxylation is 2. The van der Waals surface area contributed by atoms with E-state index in [2.05, 4.69) is 61.1 Å². The van der Waals surface area contributed by atoms with Gasteiger partial charge >= 0.3 is 0 Å². The van der Waals surface area contributed by atoms with E-state index >= 15 is 0 Å². The summed E-state index contributed by atoms with van der Waals surface area (Å²) in [5, 5.41) is 0. The first-order chi connectivity index (χ1) is 10.1. The Balaban J connectivity index is 1.72. The number of aromatic nitrogens is 2. The highest BCUT2D eigenvalue weighted by atomic mass is 14.9. The molecule has 1 atom stereocenters. The highest BCUT2D eigenvalue weighted by Crippen LogP contribution is 2.18. The van der Waals surface area contributed by atoms with Gasteiger partial charge in [-0.3, -0.25) is 0 Å². The van der Waals surface area contributed by atoms with Gasteiger partial charge in [0, 0.05) is 6.42 Å². The van der Waals surface area contributed by atoms with Crippen LogP contribution in [0.2, 0.25) is 0 Å². The minimum atomic E-state index is 0.576. The molecule has 0 saturated carbocycles. The molecular formula is C19H22N2. The van der Waals surface area contributed by atoms with Gasteiger partial charge in [0.2, 0.25) is 0 Å². The summed E-state index contributed by atoms with van der Waals surface area (Å²) in [6, 6.07) is 15.0. The summed E-state index contributed by atoms with van der Waals surface area (Å²) in [6.07, 6.45) is 2.08. The number of nitrogens with zero attached hydrogens (tertiary/aromatic N) is 1. The molecule has 21 heavy (non-hydrogen) atoms. The lowest BCUT2D eigenvalue weighted by atomic mass is 9.95. The van der Waals surface area contributed by atoms with E-state index in [4.69, 9.17) is 0 Å². The quantitative estimate of drug-likeness (QED) is 0.742. The first kappa shape index (κ1) is 13.9. The van der Waals surface area contributed by atoms with Gasteiger partial charge in [0.25, 0.3) is 0 Å². The van der Waals surface area contributed by atoms with Crippen molar-refractivity contribution in [1.82, 2.24) is 9.97 Å². The molecule has 0 aliphatic carbocycles. The lowest BCUT2D eigenvalue weighted by Crippen LogP contribution is -2.05. The molecule has 1 N–H and O–H groups in total. The molecule has 1 heterocycles. The SMILES string of the molecule is Cc1cc(C)cc(C[C@@H](C)Cc2nc3ccccc3[nH]2)c1. The van der Waals surface area contributed by atoms with Crippen LogP contribution in [-0.4, -0.2) is 9.97 Å². The fraction of sp³-hybridized carbons (Fsp3) is 0.316. The molecule has 0 aliphatic heterocycles. The Morgan fingerprint density at radius 3 is 2.43 bits per heavy atom. The van der Waals surface area contributed by atoms with Gasteiger partial charge in [0.05, 0.1) is 11.0 Å². The van der Waals surface area contributed by atoms with Crippen LogP contribution in [0.4, 0.5) is 0 Å². The molecule has 0 spiro atoms. The molecule has 0 bridgehead atoms. The second-order valence-electron chi connectivity index (χ2n) is 6.21. The maximum Gasteiger partial charge on any atom is 0.107 e. The zero-order chi connectivity index (χ0) is 14.8. The fourth-order valence-electron chi connectivity index (χ4n) is 3.09. The largest absolute Gasteiger partial charge is 0.342 e. The summed E-state index contributed by atoms with van der Waals surface area (Å²) in [4.78, 5) is 8.10. The number of para-hydroxylation sites is 2. The van der Waals surface area contributed by atoms with Crippen molar-refractivity contribution in [1.29, 1.82) is 0 Å². The predicted molar refractivity (Wildman–Crippen MR) is 88.6 cm³/mol. The van der Waals surface area contributed by atoms with E-state index in [0.29, 0.717) is 5.92 Å². The molecule has 0 fully saturated rings. The van der Waals surface area contributed by atoms with Crippen molar-refractivity contribution < 1.29 is 0 Å². The summed E-state index contributed by atoms with van der Waals surface area (Å²) in [5.41, 5.74) is 6.31. The summed E-state index contributed by atoms with van der Waals surface area (Å²) >= 11 is 0. The van der Waals surface area contributed by atoms with Crippen LogP contribution in [0.3, 0.4) is 0 Å². The van der Waals surface area contributed by atoms with Crippen molar-refractivity contribution in [3.8, 4) is 0 Å². The number of imidazole rings is 1. The molecule has 2 aromatic carbocycles. The van der Waals surface area contributed by atoms with E-state index in [1.807, 2.05) is 12.1 Å². The fourth-order valence-corrected chi connectivity index (χ4v) is 3.09. The number of H-pyrrole nitrogens is 1. The molecule has 0 saturated heterocycles. The van der Waals surface area contributed by atoms with Crippen molar-refractivity contribution in [2.24, 2.45) is 5.92 Å². The Morgan fingerprint density at radius 2 is 1.71 bits per heavy atom. The maximum atomic E-state index is 4.67. The minimum absolute atomic E-state index is 0.576. The Labute approximate surface area is 126 Å². The molecule has 0 radical (unpaired) electrons. The number of nitrogens with one attached hydrogen (secondary N) is 1. The molecular weight excluding hydrogens is 256 g/mol. The molecule has 0 aliphatic rings. The van der Waals surface area contributed by atoms with Crippen molar-refractivity contribution in [3.05, 3.63) is 65.0 Å². The Morgan fingerprint density at radius 1 is 1.00 bits per heavy atom. The lowest BCUT2D eigenvalue weighted by molar-refractivity contribution is 0.562. The van der Waals surface area contributed by atoms with Crippen LogP contribution in [0.15, 0.2) is 42.5 Å². The van der Waals surface area contributed by atoms with Crippen molar-refractivity contribution in [2.45, 2.75) is 33.6 Å². The third-order valence-electron chi connectivity index (χ3n) is 3.85. The van der Waals surface area contributed by atoms with Gasteiger partial charge in [0.15, 0.2) is 0 Å². The molecule has 2 nitrogen and oxygen atoms in total. The summed E-state index contributed by atoms with van der Waals surface area (Å²) in [6.45, 7) is 6.63. The molecule has 0 amide bonds. The van der Waals surface area contributed by atoms with Crippen LogP contribution in [-0.2, 0) is 12.8 Å². The third-order valence-corrected chi connectivity index (χ3v) is 3.85. The summed E-state index contributed by atoms with van der Waals surface area (Å²) in [5.74, 6) is 1.67. The van der Waals surface area contributed by atoms with Gasteiger partial charge in [-0.15, -0.1) is 0 Å². The second-order valence-corrected chi connectivity index (χ2v) is 6.21. The predicted octanol–water partition coefficient (Wildman–Crippen LogP) is 4.60. The van der Waals surface area contributed by atoms with Gasteiger partial charge in [-0.1, -0.05) is 48.4 Å². The van der Waals surface area contributed by atoms with Crippen molar-refractivity contribution in [2.75, 3.05) is 0 Å². The number of benzene rings is 2. The van der Waals surface area contributed by atoms with E-state index in [0.717, 1.165) is 29.7 Å². The molecule has 108 valence electrons. The Bertz CT molecular complexity index is 702. The van der Waals surface area contributed by atoms with Gasteiger partial charge < -0.3 is 4.98 Å². The van der Waals surface area contributed by atoms with Gasteiger partial charge in [-0.2, -0.15) is 0 Å². The van der Waals surface area contributed by atoms with E-state index in [-0.39, 0.29) is 0 Å². The van der Waals surface area contributed by atoms with E-state index in [1.165, 1.54) is 16.7 Å². The van der Waals surface area contributed by atoms with Crippen LogP contribution < -0.4 is 0 Å². The zero-order valence-electron chi connectivity index (χ0n) is 13.0. The van der Waals surface area contributed by atoms with E-state index in [9.17, 15) is 0 Å². The standard InChI is InChI=1S/C19H22N2/c1-13-8-14(2)10-16(9-13)11-15(3)12-19-20-17-6-4-5-7-18(17)21-19/h4-10,15H,11-12H2,1-3H3,(H,20,21)/t15-/m1/s1. The third kappa shape index (κ3) is 3.33. The van der Waals surface area contributed by atoms with Crippen molar-refractivity contribution >= 4 is 11.0 Å². The van der Waals surface area contributed by atoms with Crippen LogP contribution in [0.25, 0.3) is 11.0 Å². The Kier molecular flexibility index (Phi) is 3.78. The number of hydrogen-bond acceptors (Lipinski definition) is 1. The Hall–Kier alpha value is -2.09. The summed E-state index contributed by atoms with van der Waals surface area (Å²) < 4.78 is 0. The van der Waals surface area contributed by atoms with Gasteiger partial charge in [-0.05, 0) is 43.9 Å². The zero-order valence-corrected chi connectivity index (χ0v) is 13.0. The van der Waals surface area contributed by atoms with Gasteiger partial charge in [-0.25, -0.2) is 4.98 Å². The van der Waals surface area contributed by atoms with Crippen LogP contribution >= 0.6 is 0 Å². The first-order valence-electron chi connectivity index (χ1n) is 7.61.